The number of carbonyl (C=O) groups excluding carboxylic acids is 1. The minimum Gasteiger partial charge on any atom is -0.353 e. The van der Waals surface area contributed by atoms with Crippen molar-refractivity contribution in [1.82, 2.24) is 19.9 Å². The monoisotopic (exact) mass is 385 g/mol. The van der Waals surface area contributed by atoms with Crippen molar-refractivity contribution in [2.45, 2.75) is 13.5 Å². The highest BCUT2D eigenvalue weighted by Gasteiger charge is 2.19. The molecule has 3 heterocycles. The molecule has 1 amide bonds. The first-order valence-corrected chi connectivity index (χ1v) is 9.98. The van der Waals surface area contributed by atoms with E-state index in [0.717, 1.165) is 47.2 Å². The highest BCUT2D eigenvalue weighted by Crippen LogP contribution is 2.24. The molecule has 1 aromatic carbocycles. The first kappa shape index (κ1) is 17.8. The Bertz CT molecular complexity index is 966. The summed E-state index contributed by atoms with van der Waals surface area (Å²) in [6, 6.07) is 7.84. The molecule has 0 bridgehead atoms. The first-order valence-electron chi connectivity index (χ1n) is 8.82. The molecule has 1 N–H and O–H groups in total. The van der Waals surface area contributed by atoms with Crippen LogP contribution in [0.4, 0.5) is 10.2 Å². The van der Waals surface area contributed by atoms with Crippen LogP contribution in [0.2, 0.25) is 0 Å². The van der Waals surface area contributed by atoms with E-state index in [9.17, 15) is 9.18 Å². The summed E-state index contributed by atoms with van der Waals surface area (Å²) in [7, 11) is 0. The molecule has 1 saturated heterocycles. The summed E-state index contributed by atoms with van der Waals surface area (Å²) in [6.07, 6.45) is 1.83. The number of rotatable bonds is 4. The average molecular weight is 385 g/mol. The number of carbonyl (C=O) groups is 1. The Hall–Kier alpha value is -2.61. The highest BCUT2D eigenvalue weighted by atomic mass is 32.2. The van der Waals surface area contributed by atoms with E-state index in [2.05, 4.69) is 20.3 Å². The van der Waals surface area contributed by atoms with Crippen molar-refractivity contribution in [3.8, 4) is 0 Å². The van der Waals surface area contributed by atoms with E-state index in [4.69, 9.17) is 0 Å². The predicted octanol–water partition coefficient (Wildman–Crippen LogP) is 2.66. The fourth-order valence-electron chi connectivity index (χ4n) is 3.08. The number of nitrogens with one attached hydrogen (secondary N) is 1. The van der Waals surface area contributed by atoms with Gasteiger partial charge in [0.2, 0.25) is 0 Å². The molecule has 0 unspecified atom stereocenters. The third-order valence-electron chi connectivity index (χ3n) is 4.47. The first-order chi connectivity index (χ1) is 13.1. The molecule has 4 rings (SSSR count). The Labute approximate surface area is 160 Å². The van der Waals surface area contributed by atoms with Gasteiger partial charge in [-0.05, 0) is 24.6 Å². The van der Waals surface area contributed by atoms with E-state index < -0.39 is 0 Å². The van der Waals surface area contributed by atoms with Crippen molar-refractivity contribution in [2.75, 3.05) is 29.5 Å². The topological polar surface area (TPSA) is 62.5 Å². The van der Waals surface area contributed by atoms with Gasteiger partial charge in [-0.1, -0.05) is 12.1 Å². The summed E-state index contributed by atoms with van der Waals surface area (Å²) in [4.78, 5) is 19.5. The molecule has 3 aromatic rings. The summed E-state index contributed by atoms with van der Waals surface area (Å²) < 4.78 is 14.7. The zero-order valence-corrected chi connectivity index (χ0v) is 15.8. The van der Waals surface area contributed by atoms with E-state index in [1.54, 1.807) is 22.7 Å². The molecule has 1 fully saturated rings. The van der Waals surface area contributed by atoms with Gasteiger partial charge >= 0.3 is 0 Å². The minimum atomic E-state index is -0.295. The van der Waals surface area contributed by atoms with Crippen LogP contribution in [0.5, 0.6) is 0 Å². The molecule has 0 aliphatic carbocycles. The minimum absolute atomic E-state index is 0.263. The van der Waals surface area contributed by atoms with Crippen LogP contribution in [0.15, 0.2) is 36.5 Å². The number of benzene rings is 1. The molecule has 0 spiro atoms. The van der Waals surface area contributed by atoms with Gasteiger partial charge in [0, 0.05) is 37.2 Å². The van der Waals surface area contributed by atoms with Crippen LogP contribution in [0.1, 0.15) is 21.7 Å². The number of fused-ring (bicyclic) bond motifs is 1. The maximum Gasteiger partial charge on any atom is 0.272 e. The van der Waals surface area contributed by atoms with Gasteiger partial charge in [0.15, 0.2) is 11.5 Å². The lowest BCUT2D eigenvalue weighted by molar-refractivity contribution is 0.0945. The summed E-state index contributed by atoms with van der Waals surface area (Å²) >= 11 is 1.94. The number of nitrogens with zero attached hydrogens (tertiary/aromatic N) is 4. The lowest BCUT2D eigenvalue weighted by atomic mass is 10.2. The van der Waals surface area contributed by atoms with Crippen LogP contribution >= 0.6 is 11.8 Å². The van der Waals surface area contributed by atoms with Crippen LogP contribution in [0.3, 0.4) is 0 Å². The van der Waals surface area contributed by atoms with Gasteiger partial charge in [-0.25, -0.2) is 13.9 Å². The maximum absolute atomic E-state index is 13.0. The Morgan fingerprint density at radius 1 is 1.26 bits per heavy atom. The van der Waals surface area contributed by atoms with Crippen molar-refractivity contribution < 1.29 is 9.18 Å². The van der Waals surface area contributed by atoms with Crippen molar-refractivity contribution in [1.29, 1.82) is 0 Å². The van der Waals surface area contributed by atoms with Gasteiger partial charge in [0.05, 0.1) is 11.9 Å². The van der Waals surface area contributed by atoms with Gasteiger partial charge in [0.1, 0.15) is 11.3 Å². The number of anilines is 1. The molecule has 140 valence electrons. The van der Waals surface area contributed by atoms with E-state index in [0.29, 0.717) is 12.2 Å². The van der Waals surface area contributed by atoms with Gasteiger partial charge < -0.3 is 10.2 Å². The van der Waals surface area contributed by atoms with Crippen LogP contribution in [-0.2, 0) is 6.54 Å². The smallest absolute Gasteiger partial charge is 0.272 e. The molecule has 0 radical (unpaired) electrons. The zero-order chi connectivity index (χ0) is 18.8. The van der Waals surface area contributed by atoms with Gasteiger partial charge in [-0.2, -0.15) is 16.9 Å². The molecule has 8 heteroatoms. The number of aromatic nitrogens is 3. The third-order valence-corrected chi connectivity index (χ3v) is 5.41. The number of hydrogen-bond acceptors (Lipinski definition) is 5. The second kappa shape index (κ2) is 7.56. The van der Waals surface area contributed by atoms with Crippen LogP contribution in [0.25, 0.3) is 5.52 Å². The van der Waals surface area contributed by atoms with E-state index in [-0.39, 0.29) is 11.7 Å². The number of amides is 1. The molecule has 1 aliphatic heterocycles. The van der Waals surface area contributed by atoms with E-state index in [1.165, 1.54) is 12.1 Å². The second-order valence-corrected chi connectivity index (χ2v) is 7.70. The normalized spacial score (nSPS) is 14.5. The van der Waals surface area contributed by atoms with Crippen LogP contribution < -0.4 is 10.2 Å². The Morgan fingerprint density at radius 3 is 2.74 bits per heavy atom. The molecule has 2 aromatic heterocycles. The number of aryl methyl sites for hydroxylation is 1. The summed E-state index contributed by atoms with van der Waals surface area (Å²) in [6.45, 7) is 4.13. The van der Waals surface area contributed by atoms with Gasteiger partial charge in [-0.3, -0.25) is 4.79 Å². The van der Waals surface area contributed by atoms with Crippen molar-refractivity contribution in [2.24, 2.45) is 0 Å². The second-order valence-electron chi connectivity index (χ2n) is 6.47. The fraction of sp³-hybridized carbons (Fsp3) is 0.316. The fourth-order valence-corrected chi connectivity index (χ4v) is 3.99. The van der Waals surface area contributed by atoms with Crippen molar-refractivity contribution >= 4 is 29.0 Å². The van der Waals surface area contributed by atoms with E-state index >= 15 is 0 Å². The lowest BCUT2D eigenvalue weighted by Crippen LogP contribution is -2.33. The third kappa shape index (κ3) is 3.90. The van der Waals surface area contributed by atoms with Crippen molar-refractivity contribution in [3.63, 3.8) is 0 Å². The Balaban J connectivity index is 1.56. The summed E-state index contributed by atoms with van der Waals surface area (Å²) in [5, 5.41) is 7.26. The molecule has 1 aliphatic rings. The summed E-state index contributed by atoms with van der Waals surface area (Å²) in [5.74, 6) is 2.46. The van der Waals surface area contributed by atoms with Crippen LogP contribution in [-0.4, -0.2) is 45.1 Å². The molecular weight excluding hydrogens is 365 g/mol. The molecule has 0 atom stereocenters. The average Bonchev–Trinajstić information content (AvgIpc) is 3.11. The van der Waals surface area contributed by atoms with Gasteiger partial charge in [0.25, 0.3) is 5.91 Å². The van der Waals surface area contributed by atoms with Gasteiger partial charge in [-0.15, -0.1) is 0 Å². The molecule has 0 saturated carbocycles. The molecule has 27 heavy (non-hydrogen) atoms. The summed E-state index contributed by atoms with van der Waals surface area (Å²) in [5.41, 5.74) is 2.87. The number of halogens is 1. The highest BCUT2D eigenvalue weighted by molar-refractivity contribution is 7.99. The Morgan fingerprint density at radius 2 is 2.00 bits per heavy atom. The Kier molecular flexibility index (Phi) is 4.98. The molecule has 6 nitrogen and oxygen atoms in total. The SMILES string of the molecule is Cc1cn2nc(C(=O)NCc3ccc(F)cc3)cc2c(N2CCSCC2)n1. The largest absolute Gasteiger partial charge is 0.353 e. The standard InChI is InChI=1S/C19H20FN5OS/c1-13-12-25-17(18(22-13)24-6-8-27-9-7-24)10-16(23-25)19(26)21-11-14-2-4-15(20)5-3-14/h2-5,10,12H,6-9,11H2,1H3,(H,21,26). The van der Waals surface area contributed by atoms with Crippen molar-refractivity contribution in [3.05, 3.63) is 59.3 Å². The maximum atomic E-state index is 13.0. The van der Waals surface area contributed by atoms with Crippen LogP contribution in [0, 0.1) is 12.7 Å². The van der Waals surface area contributed by atoms with E-state index in [1.807, 2.05) is 24.9 Å². The number of thioether (sulfide) groups is 1. The predicted molar refractivity (Wildman–Crippen MR) is 105 cm³/mol. The quantitative estimate of drug-likeness (QED) is 0.748. The number of hydrogen-bond donors (Lipinski definition) is 1. The zero-order valence-electron chi connectivity index (χ0n) is 15.0. The lowest BCUT2D eigenvalue weighted by Gasteiger charge is -2.28. The molecular formula is C19H20FN5OS.